The number of thiophene rings is 1. The zero-order valence-corrected chi connectivity index (χ0v) is 7.90. The third-order valence-corrected chi connectivity index (χ3v) is 2.80. The summed E-state index contributed by atoms with van der Waals surface area (Å²) in [6, 6.07) is 2.11. The predicted molar refractivity (Wildman–Crippen MR) is 51.4 cm³/mol. The highest BCUT2D eigenvalue weighted by Crippen LogP contribution is 2.25. The topological polar surface area (TPSA) is 28.7 Å². The molecule has 0 spiro atoms. The molecule has 62 valence electrons. The van der Waals surface area contributed by atoms with Gasteiger partial charge in [-0.3, -0.25) is 0 Å². The number of aromatic amines is 1. The highest BCUT2D eigenvalue weighted by molar-refractivity contribution is 7.13. The summed E-state index contributed by atoms with van der Waals surface area (Å²) < 4.78 is 0. The summed E-state index contributed by atoms with van der Waals surface area (Å²) in [5.41, 5.74) is 2.40. The van der Waals surface area contributed by atoms with Crippen LogP contribution in [0.25, 0.3) is 10.7 Å². The van der Waals surface area contributed by atoms with Crippen LogP contribution in [0.1, 0.15) is 11.3 Å². The van der Waals surface area contributed by atoms with Crippen molar-refractivity contribution in [1.82, 2.24) is 9.97 Å². The number of H-pyrrole nitrogens is 1. The molecule has 2 heterocycles. The van der Waals surface area contributed by atoms with Crippen molar-refractivity contribution in [2.24, 2.45) is 0 Å². The molecule has 0 saturated heterocycles. The van der Waals surface area contributed by atoms with Crippen LogP contribution >= 0.6 is 11.3 Å². The zero-order valence-electron chi connectivity index (χ0n) is 7.09. The lowest BCUT2D eigenvalue weighted by Gasteiger charge is -1.92. The lowest BCUT2D eigenvalue weighted by Crippen LogP contribution is -1.77. The largest absolute Gasteiger partial charge is 0.341 e. The number of imidazole rings is 1. The van der Waals surface area contributed by atoms with Crippen molar-refractivity contribution >= 4 is 11.3 Å². The van der Waals surface area contributed by atoms with Crippen molar-refractivity contribution in [1.29, 1.82) is 0 Å². The SMILES string of the molecule is Cc1cnc(-c2sccc2C)[nH]1. The van der Waals surface area contributed by atoms with Crippen LogP contribution < -0.4 is 0 Å². The third kappa shape index (κ3) is 1.16. The molecule has 0 aliphatic rings. The Balaban J connectivity index is 2.50. The average Bonchev–Trinajstić information content (AvgIpc) is 2.58. The molecule has 1 N–H and O–H groups in total. The smallest absolute Gasteiger partial charge is 0.147 e. The van der Waals surface area contributed by atoms with Crippen LogP contribution in [0.2, 0.25) is 0 Å². The molecule has 0 radical (unpaired) electrons. The van der Waals surface area contributed by atoms with E-state index in [1.807, 2.05) is 13.1 Å². The maximum Gasteiger partial charge on any atom is 0.147 e. The van der Waals surface area contributed by atoms with E-state index >= 15 is 0 Å². The van der Waals surface area contributed by atoms with Gasteiger partial charge >= 0.3 is 0 Å². The molecule has 3 heteroatoms. The molecule has 0 unspecified atom stereocenters. The van der Waals surface area contributed by atoms with Crippen molar-refractivity contribution < 1.29 is 0 Å². The van der Waals surface area contributed by atoms with Gasteiger partial charge in [-0.1, -0.05) is 0 Å². The maximum atomic E-state index is 4.27. The molecule has 2 aromatic heterocycles. The van der Waals surface area contributed by atoms with Gasteiger partial charge in [-0.05, 0) is 30.9 Å². The molecule has 12 heavy (non-hydrogen) atoms. The van der Waals surface area contributed by atoms with Crippen molar-refractivity contribution in [3.05, 3.63) is 28.9 Å². The molecular weight excluding hydrogens is 168 g/mol. The minimum absolute atomic E-state index is 0.986. The van der Waals surface area contributed by atoms with E-state index < -0.39 is 0 Å². The lowest BCUT2D eigenvalue weighted by molar-refractivity contribution is 1.26. The maximum absolute atomic E-state index is 4.27. The van der Waals surface area contributed by atoms with Gasteiger partial charge in [0.05, 0.1) is 4.88 Å². The molecule has 0 atom stereocenters. The number of aromatic nitrogens is 2. The zero-order chi connectivity index (χ0) is 8.55. The molecule has 2 nitrogen and oxygen atoms in total. The van der Waals surface area contributed by atoms with Crippen molar-refractivity contribution in [2.45, 2.75) is 13.8 Å². The van der Waals surface area contributed by atoms with E-state index in [2.05, 4.69) is 28.3 Å². The lowest BCUT2D eigenvalue weighted by atomic mass is 10.3. The quantitative estimate of drug-likeness (QED) is 0.714. The third-order valence-electron chi connectivity index (χ3n) is 1.78. The number of nitrogens with one attached hydrogen (secondary N) is 1. The fourth-order valence-electron chi connectivity index (χ4n) is 1.14. The Bertz CT molecular complexity index is 387. The molecular formula is C9H10N2S. The number of hydrogen-bond acceptors (Lipinski definition) is 2. The fourth-order valence-corrected chi connectivity index (χ4v) is 2.02. The molecule has 2 rings (SSSR count). The predicted octanol–water partition coefficient (Wildman–Crippen LogP) is 2.76. The summed E-state index contributed by atoms with van der Waals surface area (Å²) in [6.07, 6.45) is 1.86. The minimum Gasteiger partial charge on any atom is -0.341 e. The van der Waals surface area contributed by atoms with Crippen molar-refractivity contribution in [3.63, 3.8) is 0 Å². The summed E-state index contributed by atoms with van der Waals surface area (Å²) in [5.74, 6) is 0.986. The monoisotopic (exact) mass is 178 g/mol. The van der Waals surface area contributed by atoms with Gasteiger partial charge in [0.25, 0.3) is 0 Å². The first kappa shape index (κ1) is 7.55. The summed E-state index contributed by atoms with van der Waals surface area (Å²) >= 11 is 1.72. The summed E-state index contributed by atoms with van der Waals surface area (Å²) in [5, 5.41) is 2.09. The average molecular weight is 178 g/mol. The van der Waals surface area contributed by atoms with Crippen molar-refractivity contribution in [2.75, 3.05) is 0 Å². The van der Waals surface area contributed by atoms with Gasteiger partial charge in [0.15, 0.2) is 0 Å². The Morgan fingerprint density at radius 2 is 2.25 bits per heavy atom. The second-order valence-corrected chi connectivity index (χ2v) is 3.76. The summed E-state index contributed by atoms with van der Waals surface area (Å²) in [6.45, 7) is 4.11. The first-order valence-corrected chi connectivity index (χ1v) is 4.71. The van der Waals surface area contributed by atoms with Gasteiger partial charge in [0.1, 0.15) is 5.82 Å². The molecule has 2 aromatic rings. The highest BCUT2D eigenvalue weighted by Gasteiger charge is 2.05. The van der Waals surface area contributed by atoms with Gasteiger partial charge < -0.3 is 4.98 Å². The van der Waals surface area contributed by atoms with E-state index in [0.29, 0.717) is 0 Å². The molecule has 0 amide bonds. The first-order valence-electron chi connectivity index (χ1n) is 3.83. The van der Waals surface area contributed by atoms with Crippen LogP contribution in [-0.4, -0.2) is 9.97 Å². The van der Waals surface area contributed by atoms with Crippen LogP contribution in [0.15, 0.2) is 17.6 Å². The van der Waals surface area contributed by atoms with Crippen LogP contribution in [0.3, 0.4) is 0 Å². The van der Waals surface area contributed by atoms with Gasteiger partial charge in [-0.25, -0.2) is 4.98 Å². The molecule has 0 aliphatic carbocycles. The number of aryl methyl sites for hydroxylation is 2. The standard InChI is InChI=1S/C9H10N2S/c1-6-3-4-12-8(6)9-10-5-7(2)11-9/h3-5H,1-2H3,(H,10,11). The Kier molecular flexibility index (Phi) is 1.73. The Hall–Kier alpha value is -1.09. The van der Waals surface area contributed by atoms with Crippen molar-refractivity contribution in [3.8, 4) is 10.7 Å². The van der Waals surface area contributed by atoms with Gasteiger partial charge in [-0.15, -0.1) is 11.3 Å². The number of rotatable bonds is 1. The molecule has 0 saturated carbocycles. The molecule has 0 aliphatic heterocycles. The van der Waals surface area contributed by atoms with Crippen LogP contribution in [0.4, 0.5) is 0 Å². The Morgan fingerprint density at radius 1 is 1.42 bits per heavy atom. The van der Waals surface area contributed by atoms with E-state index in [1.54, 1.807) is 11.3 Å². The normalized spacial score (nSPS) is 10.5. The van der Waals surface area contributed by atoms with E-state index in [1.165, 1.54) is 10.4 Å². The number of nitrogens with zero attached hydrogens (tertiary/aromatic N) is 1. The fraction of sp³-hybridized carbons (Fsp3) is 0.222. The van der Waals surface area contributed by atoms with Crippen LogP contribution in [0.5, 0.6) is 0 Å². The van der Waals surface area contributed by atoms with Gasteiger partial charge in [-0.2, -0.15) is 0 Å². The van der Waals surface area contributed by atoms with Gasteiger partial charge in [0, 0.05) is 11.9 Å². The Labute approximate surface area is 75.3 Å². The van der Waals surface area contributed by atoms with Crippen LogP contribution in [0, 0.1) is 13.8 Å². The van der Waals surface area contributed by atoms with E-state index in [9.17, 15) is 0 Å². The number of hydrogen-bond donors (Lipinski definition) is 1. The molecule has 0 aromatic carbocycles. The second-order valence-electron chi connectivity index (χ2n) is 2.85. The van der Waals surface area contributed by atoms with E-state index in [0.717, 1.165) is 11.5 Å². The highest BCUT2D eigenvalue weighted by atomic mass is 32.1. The summed E-state index contributed by atoms with van der Waals surface area (Å²) in [4.78, 5) is 8.73. The Morgan fingerprint density at radius 3 is 2.75 bits per heavy atom. The van der Waals surface area contributed by atoms with Gasteiger partial charge in [0.2, 0.25) is 0 Å². The second kappa shape index (κ2) is 2.75. The van der Waals surface area contributed by atoms with Crippen LogP contribution in [-0.2, 0) is 0 Å². The summed E-state index contributed by atoms with van der Waals surface area (Å²) in [7, 11) is 0. The van der Waals surface area contributed by atoms with E-state index in [-0.39, 0.29) is 0 Å². The molecule has 0 bridgehead atoms. The first-order chi connectivity index (χ1) is 5.77. The molecule has 0 fully saturated rings. The minimum atomic E-state index is 0.986. The van der Waals surface area contributed by atoms with E-state index in [4.69, 9.17) is 0 Å².